The van der Waals surface area contributed by atoms with Crippen molar-refractivity contribution in [1.29, 1.82) is 0 Å². The van der Waals surface area contributed by atoms with Crippen molar-refractivity contribution >= 4 is 27.3 Å². The minimum atomic E-state index is 0.102. The third-order valence-corrected chi connectivity index (χ3v) is 4.21. The van der Waals surface area contributed by atoms with Gasteiger partial charge in [-0.1, -0.05) is 48.8 Å². The van der Waals surface area contributed by atoms with E-state index >= 15 is 0 Å². The predicted octanol–water partition coefficient (Wildman–Crippen LogP) is 4.91. The minimum absolute atomic E-state index is 0.102. The number of alkyl halides is 1. The third kappa shape index (κ3) is 4.05. The molecule has 0 fully saturated rings. The summed E-state index contributed by atoms with van der Waals surface area (Å²) in [7, 11) is 0. The van der Waals surface area contributed by atoms with E-state index in [9.17, 15) is 0 Å². The first-order chi connectivity index (χ1) is 8.99. The summed E-state index contributed by atoms with van der Waals surface area (Å²) in [5.74, 6) is 0.893. The summed E-state index contributed by atoms with van der Waals surface area (Å²) in [5.41, 5.74) is 2.45. The number of thiazole rings is 1. The van der Waals surface area contributed by atoms with Crippen molar-refractivity contribution in [3.63, 3.8) is 0 Å². The van der Waals surface area contributed by atoms with Crippen LogP contribution in [0.4, 0.5) is 0 Å². The molecule has 0 atom stereocenters. The fourth-order valence-electron chi connectivity index (χ4n) is 1.59. The quantitative estimate of drug-likeness (QED) is 0.738. The third-order valence-electron chi connectivity index (χ3n) is 2.74. The molecule has 0 bridgehead atoms. The molecule has 102 valence electrons. The number of aromatic nitrogens is 1. The lowest BCUT2D eigenvalue weighted by atomic mass is 9.93. The van der Waals surface area contributed by atoms with Crippen molar-refractivity contribution in [3.05, 3.63) is 45.9 Å². The monoisotopic (exact) mass is 339 g/mol. The fourth-order valence-corrected chi connectivity index (χ4v) is 2.87. The molecule has 2 rings (SSSR count). The van der Waals surface area contributed by atoms with Gasteiger partial charge in [0.1, 0.15) is 17.4 Å². The Morgan fingerprint density at radius 1 is 1.32 bits per heavy atom. The Labute approximate surface area is 127 Å². The second-order valence-corrected chi connectivity index (χ2v) is 6.95. The summed E-state index contributed by atoms with van der Waals surface area (Å²) in [5, 5.41) is 3.98. The van der Waals surface area contributed by atoms with Crippen molar-refractivity contribution < 1.29 is 4.74 Å². The first kappa shape index (κ1) is 14.5. The van der Waals surface area contributed by atoms with E-state index in [1.807, 2.05) is 18.2 Å². The Hall–Kier alpha value is -0.870. The van der Waals surface area contributed by atoms with E-state index in [2.05, 4.69) is 53.1 Å². The van der Waals surface area contributed by atoms with Crippen LogP contribution in [0.15, 0.2) is 29.6 Å². The van der Waals surface area contributed by atoms with Gasteiger partial charge in [0.05, 0.1) is 5.69 Å². The largest absolute Gasteiger partial charge is 0.486 e. The van der Waals surface area contributed by atoms with Crippen LogP contribution in [0.2, 0.25) is 0 Å². The summed E-state index contributed by atoms with van der Waals surface area (Å²) in [6.45, 7) is 7.05. The number of halogens is 1. The molecule has 0 saturated heterocycles. The van der Waals surface area contributed by atoms with Gasteiger partial charge in [0, 0.05) is 16.1 Å². The molecule has 0 aliphatic rings. The molecule has 0 amide bonds. The van der Waals surface area contributed by atoms with Crippen LogP contribution in [-0.2, 0) is 17.4 Å². The lowest BCUT2D eigenvalue weighted by Crippen LogP contribution is -2.11. The summed E-state index contributed by atoms with van der Waals surface area (Å²) in [6, 6.07) is 8.11. The van der Waals surface area contributed by atoms with E-state index in [-0.39, 0.29) is 5.41 Å². The van der Waals surface area contributed by atoms with Gasteiger partial charge >= 0.3 is 0 Å². The summed E-state index contributed by atoms with van der Waals surface area (Å²) >= 11 is 5.11. The van der Waals surface area contributed by atoms with Crippen LogP contribution >= 0.6 is 27.3 Å². The molecule has 0 N–H and O–H groups in total. The highest BCUT2D eigenvalue weighted by molar-refractivity contribution is 9.08. The average Bonchev–Trinajstić information content (AvgIpc) is 2.85. The van der Waals surface area contributed by atoms with Gasteiger partial charge in [-0.25, -0.2) is 4.98 Å². The molecule has 0 unspecified atom stereocenters. The van der Waals surface area contributed by atoms with Crippen molar-refractivity contribution in [3.8, 4) is 5.75 Å². The topological polar surface area (TPSA) is 22.1 Å². The molecule has 1 heterocycles. The molecule has 4 heteroatoms. The molecule has 19 heavy (non-hydrogen) atoms. The molecule has 0 radical (unpaired) electrons. The smallest absolute Gasteiger partial charge is 0.140 e. The Morgan fingerprint density at radius 3 is 2.74 bits per heavy atom. The van der Waals surface area contributed by atoms with E-state index in [1.54, 1.807) is 11.3 Å². The highest BCUT2D eigenvalue weighted by Crippen LogP contribution is 2.25. The fraction of sp³-hybridized carbons (Fsp3) is 0.400. The lowest BCUT2D eigenvalue weighted by molar-refractivity contribution is 0.304. The molecule has 0 aliphatic carbocycles. The van der Waals surface area contributed by atoms with Crippen LogP contribution in [0.5, 0.6) is 5.75 Å². The maximum atomic E-state index is 5.79. The highest BCUT2D eigenvalue weighted by atomic mass is 79.9. The summed E-state index contributed by atoms with van der Waals surface area (Å²) in [6.07, 6.45) is 0. The Morgan fingerprint density at radius 2 is 2.11 bits per heavy atom. The first-order valence-corrected chi connectivity index (χ1v) is 8.22. The van der Waals surface area contributed by atoms with Gasteiger partial charge in [-0.2, -0.15) is 0 Å². The molecular formula is C15H18BrNOS. The van der Waals surface area contributed by atoms with E-state index in [1.165, 1.54) is 5.56 Å². The van der Waals surface area contributed by atoms with Gasteiger partial charge in [-0.3, -0.25) is 0 Å². The molecule has 2 nitrogen and oxygen atoms in total. The molecule has 0 saturated carbocycles. The SMILES string of the molecule is CC(C)(C)c1csc(COc2cccc(CBr)c2)n1. The second-order valence-electron chi connectivity index (χ2n) is 5.45. The maximum absolute atomic E-state index is 5.79. The molecule has 2 aromatic rings. The number of ether oxygens (including phenoxy) is 1. The zero-order valence-corrected chi connectivity index (χ0v) is 13.8. The Kier molecular flexibility index (Phi) is 4.63. The molecule has 0 aliphatic heterocycles. The molecule has 0 spiro atoms. The molecule has 1 aromatic carbocycles. The first-order valence-electron chi connectivity index (χ1n) is 6.21. The van der Waals surface area contributed by atoms with Crippen LogP contribution in [0.25, 0.3) is 0 Å². The number of hydrogen-bond donors (Lipinski definition) is 0. The normalized spacial score (nSPS) is 11.6. The standard InChI is InChI=1S/C15H18BrNOS/c1-15(2,3)13-10-19-14(17-13)9-18-12-6-4-5-11(7-12)8-16/h4-7,10H,8-9H2,1-3H3. The van der Waals surface area contributed by atoms with E-state index in [0.29, 0.717) is 6.61 Å². The summed E-state index contributed by atoms with van der Waals surface area (Å²) < 4.78 is 5.79. The van der Waals surface area contributed by atoms with Gasteiger partial charge < -0.3 is 4.74 Å². The van der Waals surface area contributed by atoms with Crippen molar-refractivity contribution in [1.82, 2.24) is 4.98 Å². The van der Waals surface area contributed by atoms with Crippen LogP contribution in [-0.4, -0.2) is 4.98 Å². The van der Waals surface area contributed by atoms with Gasteiger partial charge in [-0.05, 0) is 17.7 Å². The van der Waals surface area contributed by atoms with Gasteiger partial charge in [-0.15, -0.1) is 11.3 Å². The number of benzene rings is 1. The van der Waals surface area contributed by atoms with Crippen molar-refractivity contribution in [2.24, 2.45) is 0 Å². The predicted molar refractivity (Wildman–Crippen MR) is 84.2 cm³/mol. The van der Waals surface area contributed by atoms with E-state index < -0.39 is 0 Å². The van der Waals surface area contributed by atoms with E-state index in [4.69, 9.17) is 4.74 Å². The average molecular weight is 340 g/mol. The van der Waals surface area contributed by atoms with Crippen molar-refractivity contribution in [2.45, 2.75) is 38.1 Å². The molecular weight excluding hydrogens is 322 g/mol. The summed E-state index contributed by atoms with van der Waals surface area (Å²) in [4.78, 5) is 4.62. The second kappa shape index (κ2) is 6.06. The Bertz CT molecular complexity index is 545. The van der Waals surface area contributed by atoms with Crippen LogP contribution in [0.3, 0.4) is 0 Å². The molecule has 1 aromatic heterocycles. The number of rotatable bonds is 4. The number of hydrogen-bond acceptors (Lipinski definition) is 3. The Balaban J connectivity index is 2.00. The van der Waals surface area contributed by atoms with E-state index in [0.717, 1.165) is 21.8 Å². The van der Waals surface area contributed by atoms with Crippen molar-refractivity contribution in [2.75, 3.05) is 0 Å². The van der Waals surface area contributed by atoms with Crippen LogP contribution in [0.1, 0.15) is 37.0 Å². The zero-order chi connectivity index (χ0) is 13.9. The number of nitrogens with zero attached hydrogens (tertiary/aromatic N) is 1. The minimum Gasteiger partial charge on any atom is -0.486 e. The maximum Gasteiger partial charge on any atom is 0.140 e. The lowest BCUT2D eigenvalue weighted by Gasteiger charge is -2.14. The highest BCUT2D eigenvalue weighted by Gasteiger charge is 2.17. The van der Waals surface area contributed by atoms with Gasteiger partial charge in [0.2, 0.25) is 0 Å². The van der Waals surface area contributed by atoms with Gasteiger partial charge in [0.15, 0.2) is 0 Å². The van der Waals surface area contributed by atoms with Gasteiger partial charge in [0.25, 0.3) is 0 Å². The van der Waals surface area contributed by atoms with Crippen LogP contribution in [0, 0.1) is 0 Å². The van der Waals surface area contributed by atoms with Crippen LogP contribution < -0.4 is 4.74 Å². The zero-order valence-electron chi connectivity index (χ0n) is 11.4.